The van der Waals surface area contributed by atoms with E-state index < -0.39 is 11.9 Å². The van der Waals surface area contributed by atoms with E-state index in [1.54, 1.807) is 25.1 Å². The van der Waals surface area contributed by atoms with Crippen LogP contribution >= 0.6 is 0 Å². The Kier molecular flexibility index (Phi) is 6.39. The number of rotatable bonds is 7. The van der Waals surface area contributed by atoms with Crippen LogP contribution in [-0.4, -0.2) is 32.3 Å². The zero-order chi connectivity index (χ0) is 18.2. The van der Waals surface area contributed by atoms with Crippen LogP contribution in [0.25, 0.3) is 0 Å². The Morgan fingerprint density at radius 2 is 1.84 bits per heavy atom. The first-order valence-electron chi connectivity index (χ1n) is 7.79. The van der Waals surface area contributed by atoms with Gasteiger partial charge in [-0.2, -0.15) is 0 Å². The van der Waals surface area contributed by atoms with Crippen molar-refractivity contribution in [1.29, 1.82) is 0 Å². The second-order valence-electron chi connectivity index (χ2n) is 5.14. The highest BCUT2D eigenvalue weighted by Crippen LogP contribution is 2.35. The second kappa shape index (κ2) is 8.73. The number of carbonyl (C=O) groups excluding carboxylic acids is 2. The molecule has 0 amide bonds. The molecule has 0 aromatic heterocycles. The summed E-state index contributed by atoms with van der Waals surface area (Å²) in [5, 5.41) is 0. The number of benzene rings is 2. The molecule has 6 nitrogen and oxygen atoms in total. The van der Waals surface area contributed by atoms with Crippen molar-refractivity contribution < 1.29 is 28.5 Å². The molecular formula is C19H20O6. The first kappa shape index (κ1) is 18.3. The lowest BCUT2D eigenvalue weighted by atomic mass is 10.2. The number of para-hydroxylation sites is 1. The van der Waals surface area contributed by atoms with Gasteiger partial charge in [0, 0.05) is 0 Å². The fourth-order valence-corrected chi connectivity index (χ4v) is 2.16. The third kappa shape index (κ3) is 4.97. The minimum Gasteiger partial charge on any atom is -0.477 e. The van der Waals surface area contributed by atoms with Crippen LogP contribution in [0.4, 0.5) is 0 Å². The molecule has 0 bridgehead atoms. The van der Waals surface area contributed by atoms with E-state index in [9.17, 15) is 9.59 Å². The molecule has 0 unspecified atom stereocenters. The van der Waals surface area contributed by atoms with Gasteiger partial charge >= 0.3 is 11.9 Å². The summed E-state index contributed by atoms with van der Waals surface area (Å²) >= 11 is 0. The summed E-state index contributed by atoms with van der Waals surface area (Å²) in [5.41, 5.74) is 1.19. The Balaban J connectivity index is 2.33. The van der Waals surface area contributed by atoms with Gasteiger partial charge in [0.15, 0.2) is 18.1 Å². The van der Waals surface area contributed by atoms with Crippen LogP contribution in [0.2, 0.25) is 0 Å². The van der Waals surface area contributed by atoms with Gasteiger partial charge in [-0.3, -0.25) is 0 Å². The molecule has 132 valence electrons. The normalized spacial score (nSPS) is 10.0. The number of esters is 2. The van der Waals surface area contributed by atoms with E-state index in [2.05, 4.69) is 0 Å². The second-order valence-corrected chi connectivity index (χ2v) is 5.14. The van der Waals surface area contributed by atoms with Crippen molar-refractivity contribution in [2.75, 3.05) is 20.3 Å². The average molecular weight is 344 g/mol. The van der Waals surface area contributed by atoms with Crippen molar-refractivity contribution in [1.82, 2.24) is 0 Å². The molecule has 0 fully saturated rings. The van der Waals surface area contributed by atoms with Crippen LogP contribution in [0.5, 0.6) is 17.2 Å². The largest absolute Gasteiger partial charge is 0.477 e. The molecule has 0 saturated carbocycles. The molecule has 0 saturated heterocycles. The van der Waals surface area contributed by atoms with Crippen molar-refractivity contribution in [3.05, 3.63) is 53.6 Å². The van der Waals surface area contributed by atoms with Gasteiger partial charge in [-0.25, -0.2) is 9.59 Å². The van der Waals surface area contributed by atoms with Crippen LogP contribution in [0.3, 0.4) is 0 Å². The third-order valence-electron chi connectivity index (χ3n) is 3.24. The first-order chi connectivity index (χ1) is 12.0. The summed E-state index contributed by atoms with van der Waals surface area (Å²) in [6, 6.07) is 12.3. The maximum Gasteiger partial charge on any atom is 0.344 e. The van der Waals surface area contributed by atoms with Crippen molar-refractivity contribution in [2.24, 2.45) is 0 Å². The zero-order valence-corrected chi connectivity index (χ0v) is 14.4. The van der Waals surface area contributed by atoms with Crippen LogP contribution in [0, 0.1) is 6.92 Å². The lowest BCUT2D eigenvalue weighted by Crippen LogP contribution is -2.16. The molecule has 2 aromatic carbocycles. The van der Waals surface area contributed by atoms with Crippen molar-refractivity contribution in [3.8, 4) is 17.2 Å². The molecule has 0 radical (unpaired) electrons. The van der Waals surface area contributed by atoms with E-state index in [0.717, 1.165) is 5.56 Å². The van der Waals surface area contributed by atoms with Crippen LogP contribution in [-0.2, 0) is 14.3 Å². The molecule has 0 heterocycles. The summed E-state index contributed by atoms with van der Waals surface area (Å²) in [7, 11) is 1.27. The number of hydrogen-bond donors (Lipinski definition) is 0. The average Bonchev–Trinajstić information content (AvgIpc) is 2.60. The Hall–Kier alpha value is -3.02. The van der Waals surface area contributed by atoms with Gasteiger partial charge in [0.05, 0.1) is 13.7 Å². The number of aryl methyl sites for hydroxylation is 1. The van der Waals surface area contributed by atoms with Gasteiger partial charge < -0.3 is 18.9 Å². The summed E-state index contributed by atoms with van der Waals surface area (Å²) in [5.74, 6) is -0.109. The lowest BCUT2D eigenvalue weighted by Gasteiger charge is -2.15. The molecule has 0 aliphatic rings. The van der Waals surface area contributed by atoms with Gasteiger partial charge in [-0.05, 0) is 43.7 Å². The number of methoxy groups -OCH3 is 1. The van der Waals surface area contributed by atoms with E-state index in [1.165, 1.54) is 13.2 Å². The minimum absolute atomic E-state index is 0.129. The van der Waals surface area contributed by atoms with E-state index >= 15 is 0 Å². The molecule has 2 rings (SSSR count). The smallest absolute Gasteiger partial charge is 0.344 e. The van der Waals surface area contributed by atoms with Gasteiger partial charge in [0.1, 0.15) is 11.3 Å². The zero-order valence-electron chi connectivity index (χ0n) is 14.4. The maximum absolute atomic E-state index is 12.0. The molecule has 0 N–H and O–H groups in total. The predicted octanol–water partition coefficient (Wildman–Crippen LogP) is 3.52. The van der Waals surface area contributed by atoms with E-state index in [0.29, 0.717) is 11.5 Å². The van der Waals surface area contributed by atoms with E-state index in [1.807, 2.05) is 25.1 Å². The van der Waals surface area contributed by atoms with Crippen LogP contribution in [0.1, 0.15) is 22.8 Å². The summed E-state index contributed by atoms with van der Waals surface area (Å²) in [4.78, 5) is 23.6. The summed E-state index contributed by atoms with van der Waals surface area (Å²) in [6.45, 7) is 3.54. The topological polar surface area (TPSA) is 71.1 Å². The fraction of sp³-hybridized carbons (Fsp3) is 0.263. The van der Waals surface area contributed by atoms with Crippen LogP contribution in [0.15, 0.2) is 42.5 Å². The Morgan fingerprint density at radius 1 is 1.08 bits per heavy atom. The molecule has 0 aliphatic heterocycles. The molecule has 25 heavy (non-hydrogen) atoms. The molecule has 6 heteroatoms. The van der Waals surface area contributed by atoms with E-state index in [4.69, 9.17) is 18.9 Å². The SMILES string of the molecule is CCOC(=O)COc1c(Oc2cccc(C)c2)cccc1C(=O)OC. The van der Waals surface area contributed by atoms with Crippen molar-refractivity contribution in [2.45, 2.75) is 13.8 Å². The van der Waals surface area contributed by atoms with E-state index in [-0.39, 0.29) is 24.5 Å². The van der Waals surface area contributed by atoms with Crippen LogP contribution < -0.4 is 9.47 Å². The standard InChI is InChI=1S/C19H20O6/c1-4-23-17(20)12-24-18-15(19(21)22-3)9-6-10-16(18)25-14-8-5-7-13(2)11-14/h5-11H,4,12H2,1-3H3. The molecule has 0 spiro atoms. The maximum atomic E-state index is 12.0. The Bertz CT molecular complexity index is 753. The molecular weight excluding hydrogens is 324 g/mol. The quantitative estimate of drug-likeness (QED) is 0.716. The predicted molar refractivity (Wildman–Crippen MR) is 91.2 cm³/mol. The van der Waals surface area contributed by atoms with Gasteiger partial charge in [-0.1, -0.05) is 18.2 Å². The first-order valence-corrected chi connectivity index (χ1v) is 7.79. The fourth-order valence-electron chi connectivity index (χ4n) is 2.16. The number of carbonyl (C=O) groups is 2. The summed E-state index contributed by atoms with van der Waals surface area (Å²) < 4.78 is 20.9. The Morgan fingerprint density at radius 3 is 2.52 bits per heavy atom. The lowest BCUT2D eigenvalue weighted by molar-refractivity contribution is -0.145. The van der Waals surface area contributed by atoms with Gasteiger partial charge in [-0.15, -0.1) is 0 Å². The highest BCUT2D eigenvalue weighted by Gasteiger charge is 2.20. The van der Waals surface area contributed by atoms with Gasteiger partial charge in [0.25, 0.3) is 0 Å². The monoisotopic (exact) mass is 344 g/mol. The summed E-state index contributed by atoms with van der Waals surface area (Å²) in [6.07, 6.45) is 0. The minimum atomic E-state index is -0.589. The Labute approximate surface area is 146 Å². The van der Waals surface area contributed by atoms with Gasteiger partial charge in [0.2, 0.25) is 0 Å². The third-order valence-corrected chi connectivity index (χ3v) is 3.24. The highest BCUT2D eigenvalue weighted by molar-refractivity contribution is 5.93. The molecule has 0 aliphatic carbocycles. The molecule has 0 atom stereocenters. The van der Waals surface area contributed by atoms with Crippen molar-refractivity contribution >= 4 is 11.9 Å². The number of hydrogen-bond acceptors (Lipinski definition) is 6. The molecule has 2 aromatic rings. The van der Waals surface area contributed by atoms with Crippen molar-refractivity contribution in [3.63, 3.8) is 0 Å². The highest BCUT2D eigenvalue weighted by atomic mass is 16.6. The number of ether oxygens (including phenoxy) is 4.